The number of fused-ring (bicyclic) bond motifs is 20. The molecule has 4 heterocycles. The lowest BCUT2D eigenvalue weighted by Gasteiger charge is -2.16. The minimum Gasteiger partial charge on any atom is -0.309 e. The molecule has 0 atom stereocenters. The lowest BCUT2D eigenvalue weighted by molar-refractivity contribution is 1.35. The average Bonchev–Trinajstić information content (AvgIpc) is 3.95. The second-order valence-corrected chi connectivity index (χ2v) is 17.3. The third-order valence-electron chi connectivity index (χ3n) is 14.1. The summed E-state index contributed by atoms with van der Waals surface area (Å²) >= 11 is 0. The van der Waals surface area contributed by atoms with Crippen molar-refractivity contribution in [3.63, 3.8) is 0 Å². The predicted octanol–water partition coefficient (Wildman–Crippen LogP) is 14.9. The molecular formula is C60H28N6. The molecule has 66 heavy (non-hydrogen) atoms. The van der Waals surface area contributed by atoms with E-state index < -0.39 is 0 Å². The van der Waals surface area contributed by atoms with E-state index in [2.05, 4.69) is 179 Å². The Morgan fingerprint density at radius 2 is 0.682 bits per heavy atom. The first-order valence-electron chi connectivity index (χ1n) is 21.7. The van der Waals surface area contributed by atoms with Gasteiger partial charge in [0.2, 0.25) is 0 Å². The van der Waals surface area contributed by atoms with E-state index in [0.717, 1.165) is 76.4 Å². The predicted molar refractivity (Wildman–Crippen MR) is 268 cm³/mol. The van der Waals surface area contributed by atoms with Crippen molar-refractivity contribution >= 4 is 119 Å². The van der Waals surface area contributed by atoms with Crippen LogP contribution in [0.4, 0.5) is 0 Å². The van der Waals surface area contributed by atoms with Crippen molar-refractivity contribution < 1.29 is 0 Å². The van der Waals surface area contributed by atoms with Gasteiger partial charge in [-0.25, -0.2) is 0 Å². The summed E-state index contributed by atoms with van der Waals surface area (Å²) in [6.45, 7) is 0. The minimum absolute atomic E-state index is 0.0788. The first-order chi connectivity index (χ1) is 32.5. The molecule has 0 aliphatic heterocycles. The molecule has 0 saturated heterocycles. The summed E-state index contributed by atoms with van der Waals surface area (Å²) in [4.78, 5) is 0. The highest BCUT2D eigenvalue weighted by Gasteiger charge is 2.23. The normalized spacial score (nSPS) is 11.9. The largest absolute Gasteiger partial charge is 0.309 e. The van der Waals surface area contributed by atoms with Gasteiger partial charge in [0.25, 0.3) is 0 Å². The summed E-state index contributed by atoms with van der Waals surface area (Å²) in [5, 5.41) is 58.0. The number of aromatic nitrogens is 2. The smallest absolute Gasteiger partial charge is 0.102 e. The highest BCUT2D eigenvalue weighted by Crippen LogP contribution is 2.44. The molecule has 0 N–H and O–H groups in total. The highest BCUT2D eigenvalue weighted by molar-refractivity contribution is 6.24. The van der Waals surface area contributed by atoms with E-state index in [1.807, 2.05) is 24.3 Å². The van der Waals surface area contributed by atoms with Gasteiger partial charge in [-0.15, -0.1) is 0 Å². The summed E-state index contributed by atoms with van der Waals surface area (Å²) in [5.74, 6) is 0. The molecule has 10 aromatic carbocycles. The SMILES string of the molecule is N#Cc1c(C#N)c(C#N)c2cc3c(cc2c1C#N)c1cc2c(-c4ccc5c(c4)cc4c6cc7ccccc7cc6c6cc7ccccc7cc6n54)cccc2cc1c1cc2ccccc2n13. The average molecular weight is 833 g/mol. The number of nitrogens with zero attached hydrogens (tertiary/aromatic N) is 6. The van der Waals surface area contributed by atoms with Crippen molar-refractivity contribution in [2.75, 3.05) is 0 Å². The second-order valence-electron chi connectivity index (χ2n) is 17.3. The molecule has 0 bridgehead atoms. The molecule has 6 heteroatoms. The first kappa shape index (κ1) is 35.8. The van der Waals surface area contributed by atoms with Crippen molar-refractivity contribution in [1.29, 1.82) is 21.0 Å². The highest BCUT2D eigenvalue weighted by atomic mass is 14.9. The molecule has 0 saturated carbocycles. The Morgan fingerprint density at radius 3 is 1.30 bits per heavy atom. The van der Waals surface area contributed by atoms with Crippen molar-refractivity contribution in [1.82, 2.24) is 8.80 Å². The number of benzene rings is 10. The standard InChI is InChI=1S/C60H28N6/c61-29-51-44-27-50-45-26-42-37(22-49(45)58-24-39-12-5-6-15-55(39)65(58)60(50)28-46(44)52(30-62)54(32-64)53(51)31-63)13-7-14-41(42)38-16-17-56-40(18-38)25-59-48-20-34-9-2-1-8-33(34)19-43(48)47-21-35-10-3-4-11-36(35)23-57(47)66(56)59/h1-28H. The van der Waals surface area contributed by atoms with Crippen LogP contribution in [-0.2, 0) is 0 Å². The minimum atomic E-state index is -0.0793. The van der Waals surface area contributed by atoms with Gasteiger partial charge in [0.1, 0.15) is 24.3 Å². The van der Waals surface area contributed by atoms with Crippen LogP contribution in [-0.4, -0.2) is 8.80 Å². The number of nitriles is 4. The number of hydrogen-bond donors (Lipinski definition) is 0. The zero-order chi connectivity index (χ0) is 43.9. The topological polar surface area (TPSA) is 104 Å². The number of para-hydroxylation sites is 1. The van der Waals surface area contributed by atoms with Crippen LogP contribution in [0.15, 0.2) is 170 Å². The Balaban J connectivity index is 1.08. The van der Waals surface area contributed by atoms with Crippen molar-refractivity contribution in [2.45, 2.75) is 0 Å². The molecular weight excluding hydrogens is 805 g/mol. The van der Waals surface area contributed by atoms with Crippen LogP contribution in [0.3, 0.4) is 0 Å². The van der Waals surface area contributed by atoms with Gasteiger partial charge in [0.15, 0.2) is 0 Å². The Bertz CT molecular complexity index is 4810. The van der Waals surface area contributed by atoms with Crippen LogP contribution in [0.25, 0.3) is 130 Å². The molecule has 0 fully saturated rings. The van der Waals surface area contributed by atoms with Crippen molar-refractivity contribution in [3.05, 3.63) is 192 Å². The Morgan fingerprint density at radius 1 is 0.258 bits per heavy atom. The maximum Gasteiger partial charge on any atom is 0.102 e. The third kappa shape index (κ3) is 4.64. The fourth-order valence-corrected chi connectivity index (χ4v) is 11.1. The fraction of sp³-hybridized carbons (Fsp3) is 0. The van der Waals surface area contributed by atoms with Crippen LogP contribution >= 0.6 is 0 Å². The van der Waals surface area contributed by atoms with Gasteiger partial charge in [-0.1, -0.05) is 91.0 Å². The molecule has 14 aromatic rings. The quantitative estimate of drug-likeness (QED) is 0.121. The fourth-order valence-electron chi connectivity index (χ4n) is 11.1. The van der Waals surface area contributed by atoms with Gasteiger partial charge < -0.3 is 8.80 Å². The van der Waals surface area contributed by atoms with E-state index in [-0.39, 0.29) is 22.3 Å². The first-order valence-corrected chi connectivity index (χ1v) is 21.7. The van der Waals surface area contributed by atoms with Crippen LogP contribution in [0.1, 0.15) is 22.3 Å². The van der Waals surface area contributed by atoms with Crippen LogP contribution in [0.2, 0.25) is 0 Å². The van der Waals surface area contributed by atoms with Crippen LogP contribution in [0.5, 0.6) is 0 Å². The summed E-state index contributed by atoms with van der Waals surface area (Å²) in [6.07, 6.45) is 0. The molecule has 14 rings (SSSR count). The number of pyridine rings is 2. The molecule has 0 aliphatic rings. The van der Waals surface area contributed by atoms with Gasteiger partial charge in [0, 0.05) is 43.1 Å². The summed E-state index contributed by atoms with van der Waals surface area (Å²) in [7, 11) is 0. The summed E-state index contributed by atoms with van der Waals surface area (Å²) in [6, 6.07) is 69.5. The maximum absolute atomic E-state index is 10.5. The maximum atomic E-state index is 10.5. The zero-order valence-corrected chi connectivity index (χ0v) is 34.8. The Labute approximate surface area is 375 Å². The molecule has 0 spiro atoms. The van der Waals surface area contributed by atoms with Crippen molar-refractivity contribution in [2.24, 2.45) is 0 Å². The van der Waals surface area contributed by atoms with Gasteiger partial charge >= 0.3 is 0 Å². The zero-order valence-electron chi connectivity index (χ0n) is 34.8. The molecule has 6 nitrogen and oxygen atoms in total. The summed E-state index contributed by atoms with van der Waals surface area (Å²) in [5.41, 5.74) is 8.49. The molecule has 0 amide bonds. The van der Waals surface area contributed by atoms with Gasteiger partial charge in [-0.3, -0.25) is 0 Å². The molecule has 4 aromatic heterocycles. The second kappa shape index (κ2) is 12.9. The van der Waals surface area contributed by atoms with Crippen LogP contribution in [0, 0.1) is 45.3 Å². The Hall–Kier alpha value is -9.72. The van der Waals surface area contributed by atoms with E-state index in [9.17, 15) is 21.0 Å². The Kier molecular flexibility index (Phi) is 7.01. The number of hydrogen-bond acceptors (Lipinski definition) is 4. The third-order valence-corrected chi connectivity index (χ3v) is 14.1. The van der Waals surface area contributed by atoms with E-state index in [1.54, 1.807) is 0 Å². The monoisotopic (exact) mass is 832 g/mol. The lowest BCUT2D eigenvalue weighted by atomic mass is 9.88. The van der Waals surface area contributed by atoms with Gasteiger partial charge in [-0.05, 0) is 133 Å². The summed E-state index contributed by atoms with van der Waals surface area (Å²) < 4.78 is 4.65. The van der Waals surface area contributed by atoms with Gasteiger partial charge in [-0.2, -0.15) is 21.0 Å². The molecule has 0 aliphatic carbocycles. The van der Waals surface area contributed by atoms with Gasteiger partial charge in [0.05, 0.1) is 55.4 Å². The van der Waals surface area contributed by atoms with E-state index in [0.29, 0.717) is 10.8 Å². The van der Waals surface area contributed by atoms with E-state index in [4.69, 9.17) is 0 Å². The van der Waals surface area contributed by atoms with E-state index >= 15 is 0 Å². The van der Waals surface area contributed by atoms with E-state index in [1.165, 1.54) is 43.2 Å². The molecule has 298 valence electrons. The number of rotatable bonds is 1. The van der Waals surface area contributed by atoms with Crippen molar-refractivity contribution in [3.8, 4) is 35.4 Å². The molecule has 0 radical (unpaired) electrons. The molecule has 0 unspecified atom stereocenters. The lowest BCUT2D eigenvalue weighted by Crippen LogP contribution is -1.99. The van der Waals surface area contributed by atoms with Crippen LogP contribution < -0.4 is 0 Å².